The normalized spacial score (nSPS) is 17.2. The second-order valence-corrected chi connectivity index (χ2v) is 11.0. The van der Waals surface area contributed by atoms with Crippen LogP contribution in [0.2, 0.25) is 0 Å². The van der Waals surface area contributed by atoms with Crippen molar-refractivity contribution in [1.82, 2.24) is 14.8 Å². The average Bonchev–Trinajstić information content (AvgIpc) is 3.65. The summed E-state index contributed by atoms with van der Waals surface area (Å²) < 4.78 is 18.6. The van der Waals surface area contributed by atoms with Gasteiger partial charge in [-0.3, -0.25) is 9.36 Å². The van der Waals surface area contributed by atoms with E-state index in [0.29, 0.717) is 34.7 Å². The molecular weight excluding hydrogens is 500 g/mol. The van der Waals surface area contributed by atoms with Crippen molar-refractivity contribution < 1.29 is 23.5 Å². The molecule has 3 aromatic heterocycles. The molecule has 1 aliphatic carbocycles. The van der Waals surface area contributed by atoms with E-state index < -0.39 is 0 Å². The van der Waals surface area contributed by atoms with Crippen LogP contribution in [0.3, 0.4) is 0 Å². The molecule has 2 aliphatic rings. The number of aryl methyl sites for hydroxylation is 2. The minimum Gasteiger partial charge on any atom is -0.469 e. The van der Waals surface area contributed by atoms with Gasteiger partial charge < -0.3 is 19.2 Å². The number of nitrogens with one attached hydrogen (secondary N) is 1. The maximum atomic E-state index is 13.0. The summed E-state index contributed by atoms with van der Waals surface area (Å²) >= 11 is 2.81. The number of rotatable bonds is 9. The van der Waals surface area contributed by atoms with E-state index in [-0.39, 0.29) is 23.7 Å². The van der Waals surface area contributed by atoms with Crippen molar-refractivity contribution in [2.24, 2.45) is 0 Å². The monoisotopic (exact) mass is 530 g/mol. The molecule has 11 heteroatoms. The number of nitrogens with zero attached hydrogens (tertiary/aromatic N) is 3. The summed E-state index contributed by atoms with van der Waals surface area (Å²) in [6.07, 6.45) is 7.64. The summed E-state index contributed by atoms with van der Waals surface area (Å²) in [5.41, 5.74) is 2.43. The van der Waals surface area contributed by atoms with Gasteiger partial charge >= 0.3 is 5.97 Å². The van der Waals surface area contributed by atoms with Gasteiger partial charge in [0.05, 0.1) is 42.4 Å². The van der Waals surface area contributed by atoms with Crippen LogP contribution in [0.5, 0.6) is 0 Å². The molecule has 3 aromatic rings. The van der Waals surface area contributed by atoms with Crippen LogP contribution in [-0.4, -0.2) is 51.7 Å². The quantitative estimate of drug-likeness (QED) is 0.308. The van der Waals surface area contributed by atoms with Crippen molar-refractivity contribution in [3.63, 3.8) is 0 Å². The van der Waals surface area contributed by atoms with E-state index in [0.717, 1.165) is 62.0 Å². The van der Waals surface area contributed by atoms with E-state index >= 15 is 0 Å². The minimum absolute atomic E-state index is 0.0877. The van der Waals surface area contributed by atoms with Gasteiger partial charge in [-0.05, 0) is 64.0 Å². The van der Waals surface area contributed by atoms with Crippen LogP contribution < -0.4 is 5.32 Å². The number of hydrogen-bond acceptors (Lipinski definition) is 9. The molecule has 0 radical (unpaired) electrons. The van der Waals surface area contributed by atoms with Crippen molar-refractivity contribution in [2.45, 2.75) is 70.2 Å². The first-order chi connectivity index (χ1) is 17.5. The number of amides is 1. The van der Waals surface area contributed by atoms with Gasteiger partial charge in [0.1, 0.15) is 10.8 Å². The van der Waals surface area contributed by atoms with Gasteiger partial charge in [0.2, 0.25) is 5.91 Å². The fourth-order valence-electron chi connectivity index (χ4n) is 4.73. The molecular formula is C25H30N4O5S2. The van der Waals surface area contributed by atoms with Crippen LogP contribution in [0.15, 0.2) is 21.9 Å². The second kappa shape index (κ2) is 11.2. The third-order valence-corrected chi connectivity index (χ3v) is 8.64. The molecule has 1 aliphatic heterocycles. The van der Waals surface area contributed by atoms with Gasteiger partial charge in [-0.2, -0.15) is 0 Å². The molecule has 1 amide bonds. The number of aromatic nitrogens is 3. The molecule has 0 bridgehead atoms. The molecule has 0 aromatic carbocycles. The summed E-state index contributed by atoms with van der Waals surface area (Å²) in [6.45, 7) is 5.35. The summed E-state index contributed by atoms with van der Waals surface area (Å²) in [4.78, 5) is 26.9. The van der Waals surface area contributed by atoms with E-state index in [1.54, 1.807) is 13.2 Å². The lowest BCUT2D eigenvalue weighted by Gasteiger charge is -2.14. The Kier molecular flexibility index (Phi) is 7.78. The summed E-state index contributed by atoms with van der Waals surface area (Å²) in [5, 5.41) is 13.0. The third-order valence-electron chi connectivity index (χ3n) is 6.46. The lowest BCUT2D eigenvalue weighted by molar-refractivity contribution is -0.113. The molecule has 1 saturated heterocycles. The fourth-order valence-corrected chi connectivity index (χ4v) is 6.78. The molecule has 1 atom stereocenters. The lowest BCUT2D eigenvalue weighted by Crippen LogP contribution is -2.19. The average molecular weight is 531 g/mol. The van der Waals surface area contributed by atoms with Crippen molar-refractivity contribution in [3.05, 3.63) is 34.1 Å². The third kappa shape index (κ3) is 5.23. The number of anilines is 1. The van der Waals surface area contributed by atoms with Crippen LogP contribution >= 0.6 is 23.1 Å². The Bertz CT molecular complexity index is 1240. The molecule has 1 fully saturated rings. The summed E-state index contributed by atoms with van der Waals surface area (Å²) in [6, 6.07) is 1.88. The van der Waals surface area contributed by atoms with Crippen LogP contribution in [0.1, 0.15) is 59.2 Å². The fraction of sp³-hybridized carbons (Fsp3) is 0.520. The highest BCUT2D eigenvalue weighted by Crippen LogP contribution is 2.39. The smallest absolute Gasteiger partial charge is 0.341 e. The van der Waals surface area contributed by atoms with Crippen LogP contribution in [0.4, 0.5) is 5.00 Å². The van der Waals surface area contributed by atoms with Crippen molar-refractivity contribution >= 4 is 40.0 Å². The number of thiophene rings is 1. The Morgan fingerprint density at radius 2 is 2.14 bits per heavy atom. The molecule has 5 rings (SSSR count). The Balaban J connectivity index is 1.33. The van der Waals surface area contributed by atoms with Gasteiger partial charge in [-0.25, -0.2) is 4.79 Å². The van der Waals surface area contributed by atoms with E-state index in [9.17, 15) is 9.59 Å². The molecule has 0 spiro atoms. The number of carbonyl (C=O) groups is 2. The first kappa shape index (κ1) is 25.0. The van der Waals surface area contributed by atoms with Gasteiger partial charge in [-0.1, -0.05) is 11.8 Å². The van der Waals surface area contributed by atoms with Gasteiger partial charge in [0, 0.05) is 11.5 Å². The molecule has 1 N–H and O–H groups in total. The zero-order valence-corrected chi connectivity index (χ0v) is 22.1. The van der Waals surface area contributed by atoms with Crippen LogP contribution in [0, 0.1) is 6.92 Å². The van der Waals surface area contributed by atoms with E-state index in [2.05, 4.69) is 15.5 Å². The van der Waals surface area contributed by atoms with Crippen molar-refractivity contribution in [2.75, 3.05) is 24.3 Å². The van der Waals surface area contributed by atoms with Crippen LogP contribution in [-0.2, 0) is 33.7 Å². The largest absolute Gasteiger partial charge is 0.469 e. The number of carbonyl (C=O) groups excluding carboxylic acids is 2. The topological polar surface area (TPSA) is 108 Å². The zero-order valence-electron chi connectivity index (χ0n) is 20.5. The molecule has 9 nitrogen and oxygen atoms in total. The second-order valence-electron chi connectivity index (χ2n) is 8.91. The van der Waals surface area contributed by atoms with Crippen molar-refractivity contribution in [1.29, 1.82) is 0 Å². The van der Waals surface area contributed by atoms with E-state index in [1.807, 2.05) is 17.6 Å². The molecule has 4 heterocycles. The number of esters is 1. The number of thioether (sulfide) groups is 1. The predicted octanol–water partition coefficient (Wildman–Crippen LogP) is 4.87. The maximum Gasteiger partial charge on any atom is 0.341 e. The van der Waals surface area contributed by atoms with Crippen LogP contribution in [0.25, 0.3) is 11.4 Å². The highest BCUT2D eigenvalue weighted by atomic mass is 32.2. The number of ether oxygens (including phenoxy) is 2. The van der Waals surface area contributed by atoms with E-state index in [1.165, 1.54) is 28.0 Å². The predicted molar refractivity (Wildman–Crippen MR) is 138 cm³/mol. The SMILES string of the molecule is CCOC(=O)c1c(NC(=O)CSc2nnc(-c3ccoc3C)n2CC2CCCO2)sc2c1CCCC2. The zero-order chi connectivity index (χ0) is 25.1. The Labute approximate surface area is 217 Å². The van der Waals surface area contributed by atoms with Gasteiger partial charge in [-0.15, -0.1) is 21.5 Å². The first-order valence-electron chi connectivity index (χ1n) is 12.4. The molecule has 1 unspecified atom stereocenters. The van der Waals surface area contributed by atoms with Crippen molar-refractivity contribution in [3.8, 4) is 11.4 Å². The first-order valence-corrected chi connectivity index (χ1v) is 14.2. The van der Waals surface area contributed by atoms with Gasteiger partial charge in [0.15, 0.2) is 11.0 Å². The summed E-state index contributed by atoms with van der Waals surface area (Å²) in [5.74, 6) is 1.04. The Morgan fingerprint density at radius 1 is 1.28 bits per heavy atom. The Hall–Kier alpha value is -2.63. The molecule has 0 saturated carbocycles. The molecule has 36 heavy (non-hydrogen) atoms. The minimum atomic E-state index is -0.365. The molecule has 192 valence electrons. The number of hydrogen-bond donors (Lipinski definition) is 1. The highest BCUT2D eigenvalue weighted by molar-refractivity contribution is 7.99. The number of furan rings is 1. The summed E-state index contributed by atoms with van der Waals surface area (Å²) in [7, 11) is 0. The highest BCUT2D eigenvalue weighted by Gasteiger charge is 2.28. The van der Waals surface area contributed by atoms with E-state index in [4.69, 9.17) is 13.9 Å². The lowest BCUT2D eigenvalue weighted by atomic mass is 9.95. The Morgan fingerprint density at radius 3 is 2.89 bits per heavy atom. The van der Waals surface area contributed by atoms with Gasteiger partial charge in [0.25, 0.3) is 0 Å². The standard InChI is InChI=1S/C25H30N4O5S2/c1-3-32-24(31)21-18-8-4-5-9-19(18)36-23(21)26-20(30)14-35-25-28-27-22(17-10-12-33-15(17)2)29(25)13-16-7-6-11-34-16/h10,12,16H,3-9,11,13-14H2,1-2H3,(H,26,30). The number of fused-ring (bicyclic) bond motifs is 1. The maximum absolute atomic E-state index is 13.0.